The highest BCUT2D eigenvalue weighted by Gasteiger charge is 2.31. The third-order valence-electron chi connectivity index (χ3n) is 4.35. The van der Waals surface area contributed by atoms with Gasteiger partial charge in [-0.1, -0.05) is 23.7 Å². The van der Waals surface area contributed by atoms with E-state index in [2.05, 4.69) is 15.3 Å². The normalized spacial score (nSPS) is 18.9. The van der Waals surface area contributed by atoms with Crippen LogP contribution in [-0.2, 0) is 16.3 Å². The van der Waals surface area contributed by atoms with Gasteiger partial charge in [-0.15, -0.1) is 0 Å². The Morgan fingerprint density at radius 1 is 1.28 bits per heavy atom. The minimum Gasteiger partial charge on any atom is -0.370 e. The lowest BCUT2D eigenvalue weighted by Gasteiger charge is -2.23. The molecule has 1 aliphatic rings. The Kier molecular flexibility index (Phi) is 5.44. The third kappa shape index (κ3) is 4.83. The molecule has 0 spiro atoms. The maximum absolute atomic E-state index is 11.7. The van der Waals surface area contributed by atoms with Crippen molar-refractivity contribution in [3.63, 3.8) is 0 Å². The first-order chi connectivity index (χ1) is 11.9. The molecule has 0 aliphatic carbocycles. The van der Waals surface area contributed by atoms with Crippen molar-refractivity contribution in [1.82, 2.24) is 9.97 Å². The Labute approximate surface area is 153 Å². The van der Waals surface area contributed by atoms with Crippen molar-refractivity contribution in [3.05, 3.63) is 47.1 Å². The summed E-state index contributed by atoms with van der Waals surface area (Å²) in [5.74, 6) is 1.67. The van der Waals surface area contributed by atoms with Crippen molar-refractivity contribution in [1.29, 1.82) is 0 Å². The van der Waals surface area contributed by atoms with E-state index in [0.717, 1.165) is 23.8 Å². The summed E-state index contributed by atoms with van der Waals surface area (Å²) in [6.45, 7) is 0.736. The topological polar surface area (TPSA) is 75.2 Å². The highest BCUT2D eigenvalue weighted by molar-refractivity contribution is 7.91. The summed E-state index contributed by atoms with van der Waals surface area (Å²) in [7, 11) is -1.08. The molecular weight excluding hydrogens is 360 g/mol. The fourth-order valence-corrected chi connectivity index (χ4v) is 4.75. The number of sulfone groups is 1. The Bertz CT molecular complexity index is 827. The summed E-state index contributed by atoms with van der Waals surface area (Å²) in [6, 6.07) is 9.52. The molecule has 0 radical (unpaired) electrons. The van der Waals surface area contributed by atoms with Crippen LogP contribution in [0.4, 0.5) is 11.8 Å². The molecule has 1 aromatic heterocycles. The molecule has 134 valence electrons. The Hall–Kier alpha value is -1.86. The molecule has 1 fully saturated rings. The molecule has 25 heavy (non-hydrogen) atoms. The van der Waals surface area contributed by atoms with E-state index in [-0.39, 0.29) is 17.5 Å². The molecule has 2 heterocycles. The van der Waals surface area contributed by atoms with E-state index < -0.39 is 9.84 Å². The molecular formula is C17H21ClN4O2S. The van der Waals surface area contributed by atoms with E-state index in [1.165, 1.54) is 5.56 Å². The van der Waals surface area contributed by atoms with Gasteiger partial charge in [0, 0.05) is 30.9 Å². The van der Waals surface area contributed by atoms with Crippen LogP contribution >= 0.6 is 11.6 Å². The average molecular weight is 381 g/mol. The summed E-state index contributed by atoms with van der Waals surface area (Å²) >= 11 is 5.89. The van der Waals surface area contributed by atoms with E-state index in [9.17, 15) is 8.42 Å². The van der Waals surface area contributed by atoms with E-state index in [1.807, 2.05) is 42.3 Å². The van der Waals surface area contributed by atoms with Gasteiger partial charge in [0.25, 0.3) is 0 Å². The zero-order valence-corrected chi connectivity index (χ0v) is 15.6. The number of benzene rings is 1. The van der Waals surface area contributed by atoms with Crippen LogP contribution in [0.15, 0.2) is 36.5 Å². The van der Waals surface area contributed by atoms with Crippen molar-refractivity contribution in [3.8, 4) is 0 Å². The van der Waals surface area contributed by atoms with Crippen LogP contribution < -0.4 is 10.2 Å². The molecule has 3 rings (SSSR count). The smallest absolute Gasteiger partial charge is 0.227 e. The Morgan fingerprint density at radius 3 is 2.72 bits per heavy atom. The lowest BCUT2D eigenvalue weighted by atomic mass is 10.1. The first-order valence-electron chi connectivity index (χ1n) is 8.17. The molecule has 1 saturated heterocycles. The van der Waals surface area contributed by atoms with E-state index in [1.54, 1.807) is 6.20 Å². The number of nitrogens with zero attached hydrogens (tertiary/aromatic N) is 3. The number of hydrogen-bond acceptors (Lipinski definition) is 6. The highest BCUT2D eigenvalue weighted by atomic mass is 35.5. The first kappa shape index (κ1) is 17.9. The fraction of sp³-hybridized carbons (Fsp3) is 0.412. The van der Waals surface area contributed by atoms with Gasteiger partial charge in [-0.2, -0.15) is 4.98 Å². The minimum atomic E-state index is -2.93. The van der Waals surface area contributed by atoms with Crippen molar-refractivity contribution in [2.75, 3.05) is 35.3 Å². The van der Waals surface area contributed by atoms with Gasteiger partial charge in [-0.05, 0) is 36.6 Å². The summed E-state index contributed by atoms with van der Waals surface area (Å²) < 4.78 is 23.3. The summed E-state index contributed by atoms with van der Waals surface area (Å²) in [4.78, 5) is 10.6. The molecule has 1 unspecified atom stereocenters. The van der Waals surface area contributed by atoms with Gasteiger partial charge >= 0.3 is 0 Å². The number of halogens is 1. The summed E-state index contributed by atoms with van der Waals surface area (Å²) in [5.41, 5.74) is 1.19. The molecule has 1 aromatic carbocycles. The minimum absolute atomic E-state index is 0.0608. The average Bonchev–Trinajstić information content (AvgIpc) is 2.96. The van der Waals surface area contributed by atoms with Gasteiger partial charge in [0.2, 0.25) is 5.95 Å². The molecule has 6 nitrogen and oxygen atoms in total. The number of aromatic nitrogens is 2. The third-order valence-corrected chi connectivity index (χ3v) is 6.35. The molecule has 0 saturated carbocycles. The number of nitrogens with one attached hydrogen (secondary N) is 1. The van der Waals surface area contributed by atoms with E-state index in [0.29, 0.717) is 12.4 Å². The highest BCUT2D eigenvalue weighted by Crippen LogP contribution is 2.20. The van der Waals surface area contributed by atoms with Crippen LogP contribution in [0.1, 0.15) is 12.0 Å². The number of hydrogen-bond donors (Lipinski definition) is 1. The largest absolute Gasteiger partial charge is 0.370 e. The molecule has 0 bridgehead atoms. The van der Waals surface area contributed by atoms with Gasteiger partial charge in [-0.25, -0.2) is 13.4 Å². The summed E-state index contributed by atoms with van der Waals surface area (Å²) in [5, 5.41) is 4.01. The van der Waals surface area contributed by atoms with Crippen LogP contribution in [0.5, 0.6) is 0 Å². The summed E-state index contributed by atoms with van der Waals surface area (Å²) in [6.07, 6.45) is 3.16. The monoisotopic (exact) mass is 380 g/mol. The molecule has 2 aromatic rings. The number of rotatable bonds is 6. The SMILES string of the molecule is CN(c1nccc(NCCc2ccc(Cl)cc2)n1)C1CCS(=O)(=O)C1. The predicted octanol–water partition coefficient (Wildman–Crippen LogP) is 2.41. The van der Waals surface area contributed by atoms with Crippen LogP contribution in [0.3, 0.4) is 0 Å². The zero-order valence-electron chi connectivity index (χ0n) is 14.0. The van der Waals surface area contributed by atoms with Crippen LogP contribution in [-0.4, -0.2) is 49.5 Å². The maximum atomic E-state index is 11.7. The van der Waals surface area contributed by atoms with Gasteiger partial charge < -0.3 is 10.2 Å². The predicted molar refractivity (Wildman–Crippen MR) is 101 cm³/mol. The maximum Gasteiger partial charge on any atom is 0.227 e. The quantitative estimate of drug-likeness (QED) is 0.829. The van der Waals surface area contributed by atoms with Gasteiger partial charge in [0.1, 0.15) is 5.82 Å². The molecule has 1 aliphatic heterocycles. The molecule has 8 heteroatoms. The van der Waals surface area contributed by atoms with Crippen molar-refractivity contribution in [2.24, 2.45) is 0 Å². The fourth-order valence-electron chi connectivity index (χ4n) is 2.85. The Balaban J connectivity index is 1.58. The second kappa shape index (κ2) is 7.58. The van der Waals surface area contributed by atoms with Crippen molar-refractivity contribution in [2.45, 2.75) is 18.9 Å². The number of anilines is 2. The van der Waals surface area contributed by atoms with E-state index >= 15 is 0 Å². The lowest BCUT2D eigenvalue weighted by Crippen LogP contribution is -2.34. The molecule has 0 amide bonds. The van der Waals surface area contributed by atoms with Crippen LogP contribution in [0, 0.1) is 0 Å². The van der Waals surface area contributed by atoms with Gasteiger partial charge in [0.05, 0.1) is 11.5 Å². The van der Waals surface area contributed by atoms with Gasteiger partial charge in [-0.3, -0.25) is 0 Å². The molecule has 1 atom stereocenters. The first-order valence-corrected chi connectivity index (χ1v) is 10.4. The Morgan fingerprint density at radius 2 is 2.04 bits per heavy atom. The standard InChI is InChI=1S/C17H21ClN4O2S/c1-22(15-8-11-25(23,24)12-15)17-20-10-7-16(21-17)19-9-6-13-2-4-14(18)5-3-13/h2-5,7,10,15H,6,8-9,11-12H2,1H3,(H,19,20,21). The molecule has 1 N–H and O–H groups in total. The van der Waals surface area contributed by atoms with Crippen LogP contribution in [0.2, 0.25) is 5.02 Å². The second-order valence-corrected chi connectivity index (χ2v) is 8.88. The van der Waals surface area contributed by atoms with Crippen LogP contribution in [0.25, 0.3) is 0 Å². The van der Waals surface area contributed by atoms with E-state index in [4.69, 9.17) is 11.6 Å². The van der Waals surface area contributed by atoms with Crippen molar-refractivity contribution < 1.29 is 8.42 Å². The van der Waals surface area contributed by atoms with Gasteiger partial charge in [0.15, 0.2) is 9.84 Å². The second-order valence-electron chi connectivity index (χ2n) is 6.21. The zero-order chi connectivity index (χ0) is 17.9. The lowest BCUT2D eigenvalue weighted by molar-refractivity contribution is 0.600. The van der Waals surface area contributed by atoms with Crippen molar-refractivity contribution >= 4 is 33.2 Å².